The third kappa shape index (κ3) is 3.77. The predicted molar refractivity (Wildman–Crippen MR) is 54.2 cm³/mol. The van der Waals surface area contributed by atoms with E-state index in [1.54, 1.807) is 13.8 Å². The van der Waals surface area contributed by atoms with Gasteiger partial charge in [0, 0.05) is 27.2 Å². The van der Waals surface area contributed by atoms with E-state index in [2.05, 4.69) is 0 Å². The molecule has 1 unspecified atom stereocenters. The first-order valence-electron chi connectivity index (χ1n) is 4.87. The van der Waals surface area contributed by atoms with Gasteiger partial charge in [0.15, 0.2) is 0 Å². The van der Waals surface area contributed by atoms with Crippen LogP contribution in [0.5, 0.6) is 0 Å². The molecule has 1 atom stereocenters. The zero-order chi connectivity index (χ0) is 11.9. The Morgan fingerprint density at radius 2 is 1.67 bits per heavy atom. The number of hydrogen-bond acceptors (Lipinski definition) is 5. The highest BCUT2D eigenvalue weighted by Crippen LogP contribution is 2.26. The molecule has 0 aliphatic rings. The van der Waals surface area contributed by atoms with Crippen molar-refractivity contribution in [1.29, 1.82) is 0 Å². The Bertz CT molecular complexity index is 180. The second-order valence-electron chi connectivity index (χ2n) is 3.13. The van der Waals surface area contributed by atoms with Crippen LogP contribution in [0.25, 0.3) is 0 Å². The molecule has 0 aromatic carbocycles. The molecule has 5 heteroatoms. The number of esters is 1. The number of rotatable bonds is 7. The fourth-order valence-corrected chi connectivity index (χ4v) is 1.45. The lowest BCUT2D eigenvalue weighted by Crippen LogP contribution is -2.43. The highest BCUT2D eigenvalue weighted by atomic mass is 16.9. The van der Waals surface area contributed by atoms with E-state index in [0.29, 0.717) is 6.61 Å². The molecule has 0 radical (unpaired) electrons. The molecule has 0 aliphatic heterocycles. The lowest BCUT2D eigenvalue weighted by atomic mass is 10.1. The van der Waals surface area contributed by atoms with Gasteiger partial charge in [0.25, 0.3) is 5.97 Å². The quantitative estimate of drug-likeness (QED) is 0.476. The molecule has 0 bridgehead atoms. The SMILES string of the molecule is CCOC(=O)CC(C)C(OC)(OC)OC. The van der Waals surface area contributed by atoms with Crippen LogP contribution in [0.2, 0.25) is 0 Å². The first-order chi connectivity index (χ1) is 7.06. The standard InChI is InChI=1S/C10H20O5/c1-6-15-9(11)7-8(2)10(12-3,13-4)14-5/h8H,6-7H2,1-5H3. The van der Waals surface area contributed by atoms with E-state index in [0.717, 1.165) is 0 Å². The van der Waals surface area contributed by atoms with Crippen LogP contribution in [0.4, 0.5) is 0 Å². The maximum absolute atomic E-state index is 11.3. The van der Waals surface area contributed by atoms with E-state index in [4.69, 9.17) is 18.9 Å². The maximum Gasteiger partial charge on any atom is 0.306 e. The highest BCUT2D eigenvalue weighted by Gasteiger charge is 2.38. The van der Waals surface area contributed by atoms with Crippen molar-refractivity contribution in [3.63, 3.8) is 0 Å². The van der Waals surface area contributed by atoms with Crippen molar-refractivity contribution in [3.05, 3.63) is 0 Å². The van der Waals surface area contributed by atoms with Crippen LogP contribution in [0.3, 0.4) is 0 Å². The summed E-state index contributed by atoms with van der Waals surface area (Å²) < 4.78 is 20.2. The molecular weight excluding hydrogens is 200 g/mol. The second kappa shape index (κ2) is 6.76. The molecule has 0 saturated heterocycles. The third-order valence-corrected chi connectivity index (χ3v) is 2.24. The number of carbonyl (C=O) groups excluding carboxylic acids is 1. The minimum absolute atomic E-state index is 0.184. The van der Waals surface area contributed by atoms with Crippen LogP contribution in [0.15, 0.2) is 0 Å². The Balaban J connectivity index is 4.37. The molecular formula is C10H20O5. The van der Waals surface area contributed by atoms with Gasteiger partial charge in [-0.1, -0.05) is 6.92 Å². The van der Waals surface area contributed by atoms with Crippen LogP contribution in [0.1, 0.15) is 20.3 Å². The van der Waals surface area contributed by atoms with E-state index < -0.39 is 5.97 Å². The Morgan fingerprint density at radius 3 is 2.00 bits per heavy atom. The van der Waals surface area contributed by atoms with Crippen molar-refractivity contribution in [2.75, 3.05) is 27.9 Å². The molecule has 0 saturated carbocycles. The fourth-order valence-electron chi connectivity index (χ4n) is 1.45. The van der Waals surface area contributed by atoms with Crippen LogP contribution in [0, 0.1) is 5.92 Å². The van der Waals surface area contributed by atoms with Gasteiger partial charge in [0.05, 0.1) is 13.0 Å². The summed E-state index contributed by atoms with van der Waals surface area (Å²) in [6, 6.07) is 0. The molecule has 5 nitrogen and oxygen atoms in total. The van der Waals surface area contributed by atoms with E-state index in [1.165, 1.54) is 21.3 Å². The van der Waals surface area contributed by atoms with E-state index >= 15 is 0 Å². The Kier molecular flexibility index (Phi) is 6.47. The van der Waals surface area contributed by atoms with Gasteiger partial charge in [0.1, 0.15) is 0 Å². The lowest BCUT2D eigenvalue weighted by Gasteiger charge is -2.33. The topological polar surface area (TPSA) is 54.0 Å². The van der Waals surface area contributed by atoms with Crippen molar-refractivity contribution in [2.45, 2.75) is 26.2 Å². The van der Waals surface area contributed by atoms with E-state index in [-0.39, 0.29) is 18.3 Å². The molecule has 0 N–H and O–H groups in total. The van der Waals surface area contributed by atoms with E-state index in [1.807, 2.05) is 0 Å². The van der Waals surface area contributed by atoms with Crippen molar-refractivity contribution in [1.82, 2.24) is 0 Å². The summed E-state index contributed by atoms with van der Waals surface area (Å²) in [6.45, 7) is 3.93. The van der Waals surface area contributed by atoms with Crippen LogP contribution >= 0.6 is 0 Å². The maximum atomic E-state index is 11.3. The normalized spacial score (nSPS) is 13.7. The summed E-state index contributed by atoms with van der Waals surface area (Å²) in [4.78, 5) is 11.3. The molecule has 15 heavy (non-hydrogen) atoms. The molecule has 90 valence electrons. The molecule has 0 aromatic heterocycles. The molecule has 0 amide bonds. The van der Waals surface area contributed by atoms with Gasteiger partial charge in [-0.15, -0.1) is 0 Å². The summed E-state index contributed by atoms with van der Waals surface area (Å²) in [6.07, 6.45) is 0.184. The smallest absolute Gasteiger partial charge is 0.306 e. The van der Waals surface area contributed by atoms with Gasteiger partial charge in [-0.25, -0.2) is 0 Å². The van der Waals surface area contributed by atoms with Crippen molar-refractivity contribution in [3.8, 4) is 0 Å². The van der Waals surface area contributed by atoms with Crippen LogP contribution < -0.4 is 0 Å². The Labute approximate surface area is 90.6 Å². The Hall–Kier alpha value is -0.650. The fraction of sp³-hybridized carbons (Fsp3) is 0.900. The molecule has 0 aromatic rings. The van der Waals surface area contributed by atoms with E-state index in [9.17, 15) is 4.79 Å². The molecule has 0 fully saturated rings. The van der Waals surface area contributed by atoms with Crippen LogP contribution in [-0.4, -0.2) is 39.9 Å². The summed E-state index contributed by atoms with van der Waals surface area (Å²) in [7, 11) is 4.40. The van der Waals surface area contributed by atoms with Gasteiger partial charge >= 0.3 is 5.97 Å². The van der Waals surface area contributed by atoms with Gasteiger partial charge in [-0.3, -0.25) is 4.79 Å². The monoisotopic (exact) mass is 220 g/mol. The minimum atomic E-state index is -1.19. The largest absolute Gasteiger partial charge is 0.466 e. The number of hydrogen-bond donors (Lipinski definition) is 0. The van der Waals surface area contributed by atoms with Gasteiger partial charge < -0.3 is 18.9 Å². The van der Waals surface area contributed by atoms with Gasteiger partial charge in [-0.2, -0.15) is 0 Å². The molecule has 0 heterocycles. The third-order valence-electron chi connectivity index (χ3n) is 2.24. The number of ether oxygens (including phenoxy) is 4. The summed E-state index contributed by atoms with van der Waals surface area (Å²) in [5, 5.41) is 0. The van der Waals surface area contributed by atoms with Crippen molar-refractivity contribution >= 4 is 5.97 Å². The van der Waals surface area contributed by atoms with Crippen molar-refractivity contribution in [2.24, 2.45) is 5.92 Å². The zero-order valence-electron chi connectivity index (χ0n) is 10.0. The minimum Gasteiger partial charge on any atom is -0.466 e. The molecule has 0 rings (SSSR count). The molecule has 0 spiro atoms. The second-order valence-corrected chi connectivity index (χ2v) is 3.13. The Morgan fingerprint density at radius 1 is 1.20 bits per heavy atom. The average Bonchev–Trinajstić information content (AvgIpc) is 2.21. The zero-order valence-corrected chi connectivity index (χ0v) is 10.0. The number of carbonyl (C=O) groups is 1. The highest BCUT2D eigenvalue weighted by molar-refractivity contribution is 5.69. The summed E-state index contributed by atoms with van der Waals surface area (Å²) in [5.41, 5.74) is 0. The van der Waals surface area contributed by atoms with Gasteiger partial charge in [-0.05, 0) is 6.92 Å². The summed E-state index contributed by atoms with van der Waals surface area (Å²) in [5.74, 6) is -1.73. The first-order valence-corrected chi connectivity index (χ1v) is 4.87. The lowest BCUT2D eigenvalue weighted by molar-refractivity contribution is -0.376. The summed E-state index contributed by atoms with van der Waals surface area (Å²) >= 11 is 0. The van der Waals surface area contributed by atoms with Crippen molar-refractivity contribution < 1.29 is 23.7 Å². The predicted octanol–water partition coefficient (Wildman–Crippen LogP) is 1.17. The number of methoxy groups -OCH3 is 3. The van der Waals surface area contributed by atoms with Crippen LogP contribution in [-0.2, 0) is 23.7 Å². The van der Waals surface area contributed by atoms with Gasteiger partial charge in [0.2, 0.25) is 0 Å². The average molecular weight is 220 g/mol. The first kappa shape index (κ1) is 14.3. The molecule has 0 aliphatic carbocycles.